The van der Waals surface area contributed by atoms with Gasteiger partial charge in [-0.3, -0.25) is 0 Å². The van der Waals surface area contributed by atoms with Crippen molar-refractivity contribution in [3.8, 4) is 0 Å². The number of aliphatic hydroxyl groups excluding tert-OH is 1. The maximum Gasteiger partial charge on any atom is 0.136 e. The zero-order valence-electron chi connectivity index (χ0n) is 10.0. The Morgan fingerprint density at radius 3 is 3.06 bits per heavy atom. The Bertz CT molecular complexity index is 467. The minimum absolute atomic E-state index is 0.603. The van der Waals surface area contributed by atoms with Crippen LogP contribution in [-0.2, 0) is 11.2 Å². The second-order valence-electron chi connectivity index (χ2n) is 4.71. The van der Waals surface area contributed by atoms with Crippen molar-refractivity contribution >= 4 is 5.69 Å². The fraction of sp³-hybridized carbons (Fsp3) is 0.429. The van der Waals surface area contributed by atoms with Gasteiger partial charge >= 0.3 is 0 Å². The van der Waals surface area contributed by atoms with Crippen LogP contribution in [0.3, 0.4) is 0 Å². The van der Waals surface area contributed by atoms with E-state index in [1.807, 2.05) is 12.1 Å². The van der Waals surface area contributed by atoms with E-state index in [1.54, 1.807) is 0 Å². The largest absolute Gasteiger partial charge is 0.495 e. The van der Waals surface area contributed by atoms with Gasteiger partial charge in [-0.1, -0.05) is 12.1 Å². The van der Waals surface area contributed by atoms with Crippen LogP contribution >= 0.6 is 0 Å². The van der Waals surface area contributed by atoms with Crippen molar-refractivity contribution in [3.63, 3.8) is 0 Å². The second kappa shape index (κ2) is 4.08. The standard InChI is InChI=1S/C14H17NO2/c1-15-7-6-10-9-11(4-5-12(10)15)14(16)13-3-2-8-17-13/h3-5,9,14,16H,2,6-8H2,1H3. The topological polar surface area (TPSA) is 32.7 Å². The van der Waals surface area contributed by atoms with Crippen molar-refractivity contribution in [2.24, 2.45) is 0 Å². The highest BCUT2D eigenvalue weighted by molar-refractivity contribution is 5.58. The summed E-state index contributed by atoms with van der Waals surface area (Å²) in [5.74, 6) is 0.705. The van der Waals surface area contributed by atoms with E-state index in [-0.39, 0.29) is 0 Å². The van der Waals surface area contributed by atoms with Gasteiger partial charge in [0.15, 0.2) is 0 Å². The average Bonchev–Trinajstić information content (AvgIpc) is 2.98. The molecule has 90 valence electrons. The summed E-state index contributed by atoms with van der Waals surface area (Å²) >= 11 is 0. The molecule has 3 heteroatoms. The van der Waals surface area contributed by atoms with Crippen LogP contribution in [0.2, 0.25) is 0 Å². The summed E-state index contributed by atoms with van der Waals surface area (Å²) in [5.41, 5.74) is 3.54. The molecular formula is C14H17NO2. The van der Waals surface area contributed by atoms with Gasteiger partial charge < -0.3 is 14.7 Å². The molecule has 0 fully saturated rings. The number of aliphatic hydroxyl groups is 1. The molecule has 0 bridgehead atoms. The minimum Gasteiger partial charge on any atom is -0.495 e. The number of hydrogen-bond donors (Lipinski definition) is 1. The lowest BCUT2D eigenvalue weighted by atomic mass is 10.0. The Labute approximate surface area is 101 Å². The van der Waals surface area contributed by atoms with Crippen molar-refractivity contribution in [2.75, 3.05) is 25.1 Å². The quantitative estimate of drug-likeness (QED) is 0.845. The van der Waals surface area contributed by atoms with E-state index in [0.29, 0.717) is 12.4 Å². The van der Waals surface area contributed by atoms with Crippen LogP contribution < -0.4 is 4.90 Å². The summed E-state index contributed by atoms with van der Waals surface area (Å²) in [7, 11) is 2.10. The molecule has 3 nitrogen and oxygen atoms in total. The zero-order chi connectivity index (χ0) is 11.8. The van der Waals surface area contributed by atoms with Crippen LogP contribution in [0.5, 0.6) is 0 Å². The van der Waals surface area contributed by atoms with Gasteiger partial charge in [-0.05, 0) is 29.7 Å². The van der Waals surface area contributed by atoms with Gasteiger partial charge in [0.2, 0.25) is 0 Å². The van der Waals surface area contributed by atoms with E-state index in [9.17, 15) is 5.11 Å². The maximum absolute atomic E-state index is 10.2. The first-order chi connectivity index (χ1) is 8.25. The molecule has 17 heavy (non-hydrogen) atoms. The molecule has 0 spiro atoms. The first-order valence-electron chi connectivity index (χ1n) is 6.10. The van der Waals surface area contributed by atoms with E-state index in [4.69, 9.17) is 4.74 Å². The fourth-order valence-electron chi connectivity index (χ4n) is 2.55. The molecule has 1 atom stereocenters. The van der Waals surface area contributed by atoms with E-state index in [0.717, 1.165) is 24.9 Å². The van der Waals surface area contributed by atoms with Gasteiger partial charge in [-0.2, -0.15) is 0 Å². The van der Waals surface area contributed by atoms with Crippen molar-refractivity contribution in [3.05, 3.63) is 41.2 Å². The summed E-state index contributed by atoms with van der Waals surface area (Å²) in [6.07, 6.45) is 3.34. The number of fused-ring (bicyclic) bond motifs is 1. The first-order valence-corrected chi connectivity index (χ1v) is 6.10. The van der Waals surface area contributed by atoms with Crippen LogP contribution in [0.15, 0.2) is 30.0 Å². The lowest BCUT2D eigenvalue weighted by Crippen LogP contribution is -2.12. The molecule has 0 radical (unpaired) electrons. The highest BCUT2D eigenvalue weighted by atomic mass is 16.5. The SMILES string of the molecule is CN1CCc2cc(C(O)C3=CCCO3)ccc21. The number of rotatable bonds is 2. The summed E-state index contributed by atoms with van der Waals surface area (Å²) < 4.78 is 5.41. The first kappa shape index (κ1) is 10.7. The molecule has 0 aliphatic carbocycles. The monoisotopic (exact) mass is 231 g/mol. The fourth-order valence-corrected chi connectivity index (χ4v) is 2.55. The highest BCUT2D eigenvalue weighted by Gasteiger charge is 2.21. The normalized spacial score (nSPS) is 19.9. The smallest absolute Gasteiger partial charge is 0.136 e. The third kappa shape index (κ3) is 1.80. The number of hydrogen-bond acceptors (Lipinski definition) is 3. The molecule has 0 saturated heterocycles. The predicted molar refractivity (Wildman–Crippen MR) is 67.0 cm³/mol. The molecule has 1 N–H and O–H groups in total. The summed E-state index contributed by atoms with van der Waals surface area (Å²) in [6.45, 7) is 1.76. The van der Waals surface area contributed by atoms with Crippen LogP contribution in [-0.4, -0.2) is 25.3 Å². The van der Waals surface area contributed by atoms with Gasteiger partial charge in [0, 0.05) is 25.7 Å². The summed E-state index contributed by atoms with van der Waals surface area (Å²) in [6, 6.07) is 6.19. The molecule has 2 aliphatic rings. The Balaban J connectivity index is 1.89. The van der Waals surface area contributed by atoms with Crippen molar-refractivity contribution < 1.29 is 9.84 Å². The van der Waals surface area contributed by atoms with Crippen molar-refractivity contribution in [2.45, 2.75) is 18.9 Å². The molecule has 3 rings (SSSR count). The molecule has 0 amide bonds. The molecule has 2 aliphatic heterocycles. The van der Waals surface area contributed by atoms with Crippen LogP contribution in [0, 0.1) is 0 Å². The number of nitrogens with zero attached hydrogens (tertiary/aromatic N) is 1. The highest BCUT2D eigenvalue weighted by Crippen LogP contribution is 2.32. The van der Waals surface area contributed by atoms with Gasteiger partial charge in [0.05, 0.1) is 6.61 Å². The van der Waals surface area contributed by atoms with E-state index >= 15 is 0 Å². The van der Waals surface area contributed by atoms with Crippen molar-refractivity contribution in [1.82, 2.24) is 0 Å². The van der Waals surface area contributed by atoms with Crippen LogP contribution in [0.1, 0.15) is 23.7 Å². The number of ether oxygens (including phenoxy) is 1. The molecule has 0 aromatic heterocycles. The average molecular weight is 231 g/mol. The molecule has 1 unspecified atom stereocenters. The van der Waals surface area contributed by atoms with Crippen LogP contribution in [0.25, 0.3) is 0 Å². The van der Waals surface area contributed by atoms with E-state index < -0.39 is 6.10 Å². The third-order valence-corrected chi connectivity index (χ3v) is 3.55. The minimum atomic E-state index is -0.603. The van der Waals surface area contributed by atoms with E-state index in [1.165, 1.54) is 11.3 Å². The molecule has 1 aromatic rings. The van der Waals surface area contributed by atoms with Gasteiger partial charge in [-0.15, -0.1) is 0 Å². The molecule has 2 heterocycles. The van der Waals surface area contributed by atoms with Crippen molar-refractivity contribution in [1.29, 1.82) is 0 Å². The lowest BCUT2D eigenvalue weighted by Gasteiger charge is -2.15. The van der Waals surface area contributed by atoms with E-state index in [2.05, 4.69) is 24.1 Å². The second-order valence-corrected chi connectivity index (χ2v) is 4.71. The van der Waals surface area contributed by atoms with Gasteiger partial charge in [-0.25, -0.2) is 0 Å². The molecule has 0 saturated carbocycles. The number of likely N-dealkylation sites (N-methyl/N-ethyl adjacent to an activating group) is 1. The maximum atomic E-state index is 10.2. The predicted octanol–water partition coefficient (Wildman–Crippen LogP) is 2.02. The summed E-state index contributed by atoms with van der Waals surface area (Å²) in [4.78, 5) is 2.25. The molecule has 1 aromatic carbocycles. The Kier molecular flexibility index (Phi) is 2.56. The third-order valence-electron chi connectivity index (χ3n) is 3.55. The van der Waals surface area contributed by atoms with Gasteiger partial charge in [0.25, 0.3) is 0 Å². The Hall–Kier alpha value is -1.48. The Morgan fingerprint density at radius 2 is 2.29 bits per heavy atom. The summed E-state index contributed by atoms with van der Waals surface area (Å²) in [5, 5.41) is 10.2. The number of anilines is 1. The van der Waals surface area contributed by atoms with Gasteiger partial charge in [0.1, 0.15) is 11.9 Å². The number of benzene rings is 1. The molecular weight excluding hydrogens is 214 g/mol. The lowest BCUT2D eigenvalue weighted by molar-refractivity contribution is 0.119. The van der Waals surface area contributed by atoms with Crippen LogP contribution in [0.4, 0.5) is 5.69 Å². The zero-order valence-corrected chi connectivity index (χ0v) is 10.0. The Morgan fingerprint density at radius 1 is 1.41 bits per heavy atom.